The van der Waals surface area contributed by atoms with Crippen LogP contribution in [0.2, 0.25) is 0 Å². The Morgan fingerprint density at radius 2 is 1.78 bits per heavy atom. The first kappa shape index (κ1) is 16.0. The smallest absolute Gasteiger partial charge is 0.308 e. The van der Waals surface area contributed by atoms with Crippen molar-refractivity contribution in [2.45, 2.75) is 44.7 Å². The lowest BCUT2D eigenvalue weighted by Gasteiger charge is -2.30. The van der Waals surface area contributed by atoms with Gasteiger partial charge in [-0.25, -0.2) is 0 Å². The Morgan fingerprint density at radius 3 is 2.48 bits per heavy atom. The molecular formula is C20H25NO2. The van der Waals surface area contributed by atoms with Crippen LogP contribution in [0, 0.1) is 5.92 Å². The van der Waals surface area contributed by atoms with Gasteiger partial charge in [-0.1, -0.05) is 36.4 Å². The van der Waals surface area contributed by atoms with Crippen LogP contribution in [-0.2, 0) is 9.53 Å². The van der Waals surface area contributed by atoms with Crippen molar-refractivity contribution in [1.29, 1.82) is 0 Å². The number of rotatable bonds is 4. The van der Waals surface area contributed by atoms with Crippen LogP contribution in [0.5, 0.6) is 0 Å². The van der Waals surface area contributed by atoms with Gasteiger partial charge in [0.1, 0.15) is 0 Å². The molecule has 1 aliphatic carbocycles. The van der Waals surface area contributed by atoms with Gasteiger partial charge in [-0.05, 0) is 55.0 Å². The highest BCUT2D eigenvalue weighted by atomic mass is 16.5. The molecule has 0 saturated heterocycles. The van der Waals surface area contributed by atoms with E-state index in [-0.39, 0.29) is 11.9 Å². The molecule has 0 aliphatic heterocycles. The van der Waals surface area contributed by atoms with Gasteiger partial charge in [0.25, 0.3) is 0 Å². The fraction of sp³-hybridized carbons (Fsp3) is 0.450. The summed E-state index contributed by atoms with van der Waals surface area (Å²) in [6.45, 7) is 2.22. The maximum absolute atomic E-state index is 11.6. The number of benzene rings is 2. The van der Waals surface area contributed by atoms with Crippen LogP contribution in [0.25, 0.3) is 10.8 Å². The Kier molecular flexibility index (Phi) is 4.97. The minimum atomic E-state index is -0.0500. The summed E-state index contributed by atoms with van der Waals surface area (Å²) in [6, 6.07) is 15.9. The second kappa shape index (κ2) is 7.14. The zero-order valence-electron chi connectivity index (χ0n) is 13.9. The molecule has 122 valence electrons. The van der Waals surface area contributed by atoms with E-state index in [1.54, 1.807) is 0 Å². The molecule has 2 aromatic carbocycles. The molecule has 3 rings (SSSR count). The van der Waals surface area contributed by atoms with Crippen LogP contribution < -0.4 is 5.32 Å². The van der Waals surface area contributed by atoms with E-state index in [4.69, 9.17) is 4.74 Å². The highest BCUT2D eigenvalue weighted by molar-refractivity contribution is 5.83. The molecule has 1 atom stereocenters. The molecule has 1 aliphatic rings. The van der Waals surface area contributed by atoms with Crippen molar-refractivity contribution in [3.8, 4) is 0 Å². The van der Waals surface area contributed by atoms with Crippen molar-refractivity contribution >= 4 is 16.7 Å². The summed E-state index contributed by atoms with van der Waals surface area (Å²) >= 11 is 0. The summed E-state index contributed by atoms with van der Waals surface area (Å²) < 4.78 is 4.86. The monoisotopic (exact) mass is 311 g/mol. The van der Waals surface area contributed by atoms with Crippen LogP contribution >= 0.6 is 0 Å². The highest BCUT2D eigenvalue weighted by Crippen LogP contribution is 2.27. The largest absolute Gasteiger partial charge is 0.469 e. The molecule has 23 heavy (non-hydrogen) atoms. The molecule has 0 amide bonds. The SMILES string of the molecule is COC(=O)C1CCC(NC(C)c2ccc3ccccc3c2)CC1. The number of hydrogen-bond donors (Lipinski definition) is 1. The Labute approximate surface area is 138 Å². The van der Waals surface area contributed by atoms with Gasteiger partial charge >= 0.3 is 5.97 Å². The molecule has 0 spiro atoms. The standard InChI is InChI=1S/C20H25NO2/c1-14(17-8-7-15-5-3-4-6-18(15)13-17)21-19-11-9-16(10-12-19)20(22)23-2/h3-8,13-14,16,19,21H,9-12H2,1-2H3. The van der Waals surface area contributed by atoms with E-state index >= 15 is 0 Å². The summed E-state index contributed by atoms with van der Waals surface area (Å²) in [4.78, 5) is 11.6. The minimum absolute atomic E-state index is 0.0500. The first-order valence-electron chi connectivity index (χ1n) is 8.50. The van der Waals surface area contributed by atoms with Gasteiger partial charge in [0.05, 0.1) is 13.0 Å². The third-order valence-corrected chi connectivity index (χ3v) is 5.02. The first-order chi connectivity index (χ1) is 11.2. The van der Waals surface area contributed by atoms with Gasteiger partial charge in [0.2, 0.25) is 0 Å². The second-order valence-corrected chi connectivity index (χ2v) is 6.57. The van der Waals surface area contributed by atoms with Gasteiger partial charge in [-0.2, -0.15) is 0 Å². The number of methoxy groups -OCH3 is 1. The predicted octanol–water partition coefficient (Wildman–Crippen LogP) is 4.22. The van der Waals surface area contributed by atoms with Crippen LogP contribution in [-0.4, -0.2) is 19.1 Å². The Bertz CT molecular complexity index is 674. The van der Waals surface area contributed by atoms with Gasteiger partial charge in [-0.15, -0.1) is 0 Å². The number of carbonyl (C=O) groups is 1. The Balaban J connectivity index is 1.60. The van der Waals surface area contributed by atoms with E-state index in [2.05, 4.69) is 54.7 Å². The molecule has 0 radical (unpaired) electrons. The summed E-state index contributed by atoms with van der Waals surface area (Å²) in [5.74, 6) is 0.0417. The number of ether oxygens (including phenoxy) is 1. The molecular weight excluding hydrogens is 286 g/mol. The van der Waals surface area contributed by atoms with Crippen molar-refractivity contribution in [1.82, 2.24) is 5.32 Å². The lowest BCUT2D eigenvalue weighted by Crippen LogP contribution is -2.36. The van der Waals surface area contributed by atoms with E-state index < -0.39 is 0 Å². The number of fused-ring (bicyclic) bond motifs is 1. The van der Waals surface area contributed by atoms with E-state index in [0.29, 0.717) is 12.1 Å². The normalized spacial score (nSPS) is 22.7. The van der Waals surface area contributed by atoms with E-state index in [1.165, 1.54) is 23.4 Å². The zero-order chi connectivity index (χ0) is 16.2. The van der Waals surface area contributed by atoms with E-state index in [1.807, 2.05) is 0 Å². The number of nitrogens with one attached hydrogen (secondary N) is 1. The van der Waals surface area contributed by atoms with Crippen molar-refractivity contribution in [2.24, 2.45) is 5.92 Å². The maximum atomic E-state index is 11.6. The van der Waals surface area contributed by atoms with Crippen LogP contribution in [0.4, 0.5) is 0 Å². The van der Waals surface area contributed by atoms with Gasteiger partial charge in [-0.3, -0.25) is 4.79 Å². The Hall–Kier alpha value is -1.87. The fourth-order valence-corrected chi connectivity index (χ4v) is 3.59. The van der Waals surface area contributed by atoms with Crippen LogP contribution in [0.1, 0.15) is 44.2 Å². The zero-order valence-corrected chi connectivity index (χ0v) is 13.9. The van der Waals surface area contributed by atoms with Crippen molar-refractivity contribution in [3.05, 3.63) is 48.0 Å². The number of hydrogen-bond acceptors (Lipinski definition) is 3. The molecule has 1 N–H and O–H groups in total. The topological polar surface area (TPSA) is 38.3 Å². The summed E-state index contributed by atoms with van der Waals surface area (Å²) in [7, 11) is 1.48. The second-order valence-electron chi connectivity index (χ2n) is 6.57. The lowest BCUT2D eigenvalue weighted by atomic mass is 9.85. The van der Waals surface area contributed by atoms with Crippen LogP contribution in [0.15, 0.2) is 42.5 Å². The molecule has 0 heterocycles. The molecule has 1 saturated carbocycles. The Morgan fingerprint density at radius 1 is 1.09 bits per heavy atom. The molecule has 3 heteroatoms. The van der Waals surface area contributed by atoms with Gasteiger partial charge in [0.15, 0.2) is 0 Å². The van der Waals surface area contributed by atoms with Crippen molar-refractivity contribution in [2.75, 3.05) is 7.11 Å². The van der Waals surface area contributed by atoms with Crippen molar-refractivity contribution < 1.29 is 9.53 Å². The average Bonchev–Trinajstić information content (AvgIpc) is 2.61. The first-order valence-corrected chi connectivity index (χ1v) is 8.50. The van der Waals surface area contributed by atoms with Gasteiger partial charge in [0, 0.05) is 12.1 Å². The quantitative estimate of drug-likeness (QED) is 0.859. The molecule has 1 fully saturated rings. The van der Waals surface area contributed by atoms with E-state index in [9.17, 15) is 4.79 Å². The third kappa shape index (κ3) is 3.73. The molecule has 3 nitrogen and oxygen atoms in total. The molecule has 0 bridgehead atoms. The van der Waals surface area contributed by atoms with Crippen LogP contribution in [0.3, 0.4) is 0 Å². The van der Waals surface area contributed by atoms with Gasteiger partial charge < -0.3 is 10.1 Å². The highest BCUT2D eigenvalue weighted by Gasteiger charge is 2.27. The summed E-state index contributed by atoms with van der Waals surface area (Å²) in [5.41, 5.74) is 1.32. The molecule has 0 aromatic heterocycles. The number of carbonyl (C=O) groups excluding carboxylic acids is 1. The molecule has 2 aromatic rings. The van der Waals surface area contributed by atoms with E-state index in [0.717, 1.165) is 25.7 Å². The molecule has 1 unspecified atom stereocenters. The summed E-state index contributed by atoms with van der Waals surface area (Å²) in [6.07, 6.45) is 3.93. The average molecular weight is 311 g/mol. The lowest BCUT2D eigenvalue weighted by molar-refractivity contribution is -0.146. The summed E-state index contributed by atoms with van der Waals surface area (Å²) in [5, 5.41) is 6.29. The minimum Gasteiger partial charge on any atom is -0.469 e. The maximum Gasteiger partial charge on any atom is 0.308 e. The number of esters is 1. The predicted molar refractivity (Wildman–Crippen MR) is 93.3 cm³/mol. The fourth-order valence-electron chi connectivity index (χ4n) is 3.59. The van der Waals surface area contributed by atoms with Crippen molar-refractivity contribution in [3.63, 3.8) is 0 Å². The third-order valence-electron chi connectivity index (χ3n) is 5.02.